The topological polar surface area (TPSA) is 114 Å². The second-order valence-electron chi connectivity index (χ2n) is 9.86. The van der Waals surface area contributed by atoms with Crippen LogP contribution in [-0.4, -0.2) is 47.2 Å². The highest BCUT2D eigenvalue weighted by Gasteiger charge is 2.32. The molecule has 3 atom stereocenters. The van der Waals surface area contributed by atoms with Gasteiger partial charge in [0.1, 0.15) is 23.0 Å². The van der Waals surface area contributed by atoms with Crippen LogP contribution in [0.3, 0.4) is 0 Å². The third-order valence-corrected chi connectivity index (χ3v) is 7.01. The van der Waals surface area contributed by atoms with Crippen molar-refractivity contribution in [3.8, 4) is 17.0 Å². The van der Waals surface area contributed by atoms with E-state index in [0.29, 0.717) is 43.2 Å². The highest BCUT2D eigenvalue weighted by atomic mass is 19.1. The fourth-order valence-corrected chi connectivity index (χ4v) is 5.38. The zero-order chi connectivity index (χ0) is 27.1. The van der Waals surface area contributed by atoms with E-state index in [-0.39, 0.29) is 17.5 Å². The first-order valence-corrected chi connectivity index (χ1v) is 12.4. The molecule has 4 N–H and O–H groups in total. The van der Waals surface area contributed by atoms with E-state index in [1.165, 1.54) is 13.3 Å². The zero-order valence-corrected chi connectivity index (χ0v) is 21.0. The molecule has 1 aliphatic heterocycles. The first-order valence-electron chi connectivity index (χ1n) is 12.4. The van der Waals surface area contributed by atoms with Gasteiger partial charge in [-0.05, 0) is 49.4 Å². The van der Waals surface area contributed by atoms with Crippen molar-refractivity contribution in [2.45, 2.75) is 38.3 Å². The van der Waals surface area contributed by atoms with Crippen LogP contribution in [0.15, 0.2) is 30.5 Å². The Balaban J connectivity index is 1.53. The van der Waals surface area contributed by atoms with Gasteiger partial charge in [-0.3, -0.25) is 9.78 Å². The van der Waals surface area contributed by atoms with Crippen LogP contribution in [0.4, 0.5) is 24.5 Å². The molecule has 5 rings (SSSR count). The number of carbonyl (C=O) groups is 1. The molecule has 0 bridgehead atoms. The summed E-state index contributed by atoms with van der Waals surface area (Å²) in [5.74, 6) is -3.88. The van der Waals surface area contributed by atoms with Gasteiger partial charge in [0.25, 0.3) is 5.91 Å². The summed E-state index contributed by atoms with van der Waals surface area (Å²) in [5.41, 5.74) is 7.17. The lowest BCUT2D eigenvalue weighted by molar-refractivity contribution is 0.102. The molecule has 1 unspecified atom stereocenters. The van der Waals surface area contributed by atoms with E-state index < -0.39 is 40.7 Å². The highest BCUT2D eigenvalue weighted by molar-refractivity contribution is 6.05. The minimum Gasteiger partial charge on any atom is -0.494 e. The van der Waals surface area contributed by atoms with Crippen LogP contribution < -0.4 is 20.7 Å². The molecule has 2 aliphatic rings. The minimum absolute atomic E-state index is 0.0635. The highest BCUT2D eigenvalue weighted by Crippen LogP contribution is 2.42. The number of aliphatic hydroxyl groups excluding tert-OH is 1. The van der Waals surface area contributed by atoms with Gasteiger partial charge in [-0.25, -0.2) is 18.2 Å². The Kier molecular flexibility index (Phi) is 6.97. The molecule has 3 heterocycles. The fraction of sp³-hybridized carbons (Fsp3) is 0.370. The number of halogens is 3. The standard InChI is InChI=1S/C27H28F3N5O3/c1-13-9-14(31)12-35(11-13)26-15-3-7-20(36)24(15)32-10-19(26)34-27(37)18-6-4-17(29)25(33-18)22-16(28)5-8-21(38-2)23(22)30/h4-6,8,10,13-14,20,36H,3,7,9,11-12,31H2,1-2H3,(H,34,37)/t13-,14+,20?/m1/s1. The van der Waals surface area contributed by atoms with Gasteiger partial charge in [-0.2, -0.15) is 0 Å². The Labute approximate surface area is 217 Å². The maximum absolute atomic E-state index is 14.8. The molecule has 11 heteroatoms. The van der Waals surface area contributed by atoms with Gasteiger partial charge in [0.05, 0.1) is 42.0 Å². The van der Waals surface area contributed by atoms with Crippen molar-refractivity contribution in [2.24, 2.45) is 11.7 Å². The summed E-state index contributed by atoms with van der Waals surface area (Å²) >= 11 is 0. The second kappa shape index (κ2) is 10.2. The summed E-state index contributed by atoms with van der Waals surface area (Å²) in [6.45, 7) is 3.37. The maximum Gasteiger partial charge on any atom is 0.274 e. The van der Waals surface area contributed by atoms with Crippen LogP contribution in [0.2, 0.25) is 0 Å². The minimum atomic E-state index is -1.13. The molecule has 3 aromatic rings. The quantitative estimate of drug-likeness (QED) is 0.460. The van der Waals surface area contributed by atoms with E-state index in [4.69, 9.17) is 10.5 Å². The van der Waals surface area contributed by atoms with E-state index in [0.717, 1.165) is 41.9 Å². The Bertz CT molecular complexity index is 1390. The Hall–Kier alpha value is -3.70. The number of aliphatic hydroxyl groups is 1. The monoisotopic (exact) mass is 527 g/mol. The van der Waals surface area contributed by atoms with Crippen molar-refractivity contribution in [2.75, 3.05) is 30.4 Å². The Morgan fingerprint density at radius 3 is 2.68 bits per heavy atom. The lowest BCUT2D eigenvalue weighted by Gasteiger charge is -2.38. The third kappa shape index (κ3) is 4.67. The van der Waals surface area contributed by atoms with Crippen molar-refractivity contribution in [3.63, 3.8) is 0 Å². The molecule has 200 valence electrons. The average Bonchev–Trinajstić information content (AvgIpc) is 3.25. The SMILES string of the molecule is COc1ccc(F)c(-c2nc(C(=O)Nc3cnc4c(c3N3C[C@H](C)C[C@H](N)C3)CCC4O)ccc2F)c1F. The van der Waals surface area contributed by atoms with E-state index in [2.05, 4.69) is 27.1 Å². The summed E-state index contributed by atoms with van der Waals surface area (Å²) in [5, 5.41) is 13.2. The summed E-state index contributed by atoms with van der Waals surface area (Å²) < 4.78 is 49.0. The molecule has 2 aromatic heterocycles. The number of aromatic nitrogens is 2. The lowest BCUT2D eigenvalue weighted by Crippen LogP contribution is -2.47. The van der Waals surface area contributed by atoms with Crippen molar-refractivity contribution < 1.29 is 27.8 Å². The molecule has 1 amide bonds. The van der Waals surface area contributed by atoms with Gasteiger partial charge >= 0.3 is 0 Å². The number of anilines is 2. The second-order valence-corrected chi connectivity index (χ2v) is 9.86. The van der Waals surface area contributed by atoms with Crippen LogP contribution >= 0.6 is 0 Å². The number of pyridine rings is 2. The van der Waals surface area contributed by atoms with Crippen molar-refractivity contribution in [3.05, 3.63) is 64.9 Å². The average molecular weight is 528 g/mol. The number of piperidine rings is 1. The van der Waals surface area contributed by atoms with E-state index >= 15 is 0 Å². The fourth-order valence-electron chi connectivity index (χ4n) is 5.38. The number of amides is 1. The van der Waals surface area contributed by atoms with Gasteiger partial charge in [0.15, 0.2) is 11.6 Å². The summed E-state index contributed by atoms with van der Waals surface area (Å²) in [6, 6.07) is 4.01. The van der Waals surface area contributed by atoms with E-state index in [1.807, 2.05) is 0 Å². The number of fused-ring (bicyclic) bond motifs is 1. The Morgan fingerprint density at radius 2 is 1.95 bits per heavy atom. The number of nitrogens with two attached hydrogens (primary N) is 1. The van der Waals surface area contributed by atoms with Crippen molar-refractivity contribution >= 4 is 17.3 Å². The Morgan fingerprint density at radius 1 is 1.18 bits per heavy atom. The molecule has 0 radical (unpaired) electrons. The predicted octanol–water partition coefficient (Wildman–Crippen LogP) is 3.97. The summed E-state index contributed by atoms with van der Waals surface area (Å²) in [4.78, 5) is 23.8. The summed E-state index contributed by atoms with van der Waals surface area (Å²) in [7, 11) is 1.20. The van der Waals surface area contributed by atoms with Crippen LogP contribution in [0, 0.1) is 23.4 Å². The van der Waals surface area contributed by atoms with Gasteiger partial charge in [-0.15, -0.1) is 0 Å². The molecule has 1 fully saturated rings. The number of hydrogen-bond donors (Lipinski definition) is 3. The van der Waals surface area contributed by atoms with Crippen molar-refractivity contribution in [1.29, 1.82) is 0 Å². The molecular formula is C27H28F3N5O3. The van der Waals surface area contributed by atoms with E-state index in [1.54, 1.807) is 0 Å². The van der Waals surface area contributed by atoms with Crippen LogP contribution in [-0.2, 0) is 6.42 Å². The number of hydrogen-bond acceptors (Lipinski definition) is 7. The molecular weight excluding hydrogens is 499 g/mol. The van der Waals surface area contributed by atoms with Gasteiger partial charge < -0.3 is 25.8 Å². The zero-order valence-electron chi connectivity index (χ0n) is 21.0. The summed E-state index contributed by atoms with van der Waals surface area (Å²) in [6.07, 6.45) is 2.74. The van der Waals surface area contributed by atoms with Gasteiger partial charge in [0, 0.05) is 24.7 Å². The van der Waals surface area contributed by atoms with Crippen LogP contribution in [0.5, 0.6) is 5.75 Å². The van der Waals surface area contributed by atoms with Crippen molar-refractivity contribution in [1.82, 2.24) is 9.97 Å². The number of nitrogens with zero attached hydrogens (tertiary/aromatic N) is 3. The number of methoxy groups -OCH3 is 1. The molecule has 8 nitrogen and oxygen atoms in total. The molecule has 1 aliphatic carbocycles. The maximum atomic E-state index is 14.8. The van der Waals surface area contributed by atoms with E-state index in [9.17, 15) is 23.1 Å². The number of rotatable bonds is 5. The molecule has 38 heavy (non-hydrogen) atoms. The predicted molar refractivity (Wildman–Crippen MR) is 136 cm³/mol. The lowest BCUT2D eigenvalue weighted by atomic mass is 9.95. The van der Waals surface area contributed by atoms with Gasteiger partial charge in [0.2, 0.25) is 0 Å². The third-order valence-electron chi connectivity index (χ3n) is 7.01. The van der Waals surface area contributed by atoms with Gasteiger partial charge in [-0.1, -0.05) is 6.92 Å². The molecule has 1 aromatic carbocycles. The molecule has 0 saturated carbocycles. The smallest absolute Gasteiger partial charge is 0.274 e. The first kappa shape index (κ1) is 25.9. The molecule has 0 spiro atoms. The number of benzene rings is 1. The van der Waals surface area contributed by atoms with Crippen LogP contribution in [0.25, 0.3) is 11.3 Å². The molecule has 1 saturated heterocycles. The number of ether oxygens (including phenoxy) is 1. The first-order chi connectivity index (χ1) is 18.2. The van der Waals surface area contributed by atoms with Crippen LogP contribution in [0.1, 0.15) is 47.6 Å². The number of nitrogens with one attached hydrogen (secondary N) is 1. The normalized spacial score (nSPS) is 20.8. The number of carbonyl (C=O) groups excluding carboxylic acids is 1. The largest absolute Gasteiger partial charge is 0.494 e.